The van der Waals surface area contributed by atoms with Crippen LogP contribution in [0.25, 0.3) is 0 Å². The summed E-state index contributed by atoms with van der Waals surface area (Å²) >= 11 is 0. The molecule has 0 bridgehead atoms. The highest BCUT2D eigenvalue weighted by Gasteiger charge is 2.22. The fourth-order valence-electron chi connectivity index (χ4n) is 2.87. The number of hydrogen-bond acceptors (Lipinski definition) is 2. The molecule has 1 heterocycles. The van der Waals surface area contributed by atoms with Crippen molar-refractivity contribution in [1.82, 2.24) is 4.90 Å². The van der Waals surface area contributed by atoms with Gasteiger partial charge in [0.25, 0.3) is 5.91 Å². The number of carbonyl (C=O) groups excluding carboxylic acids is 1. The summed E-state index contributed by atoms with van der Waals surface area (Å²) in [5.41, 5.74) is 0.697. The maximum atomic E-state index is 12.6. The molecule has 0 aromatic heterocycles. The minimum absolute atomic E-state index is 0.102. The van der Waals surface area contributed by atoms with E-state index in [1.165, 1.54) is 6.42 Å². The van der Waals surface area contributed by atoms with Crippen LogP contribution in [-0.2, 0) is 0 Å². The molecule has 0 aliphatic carbocycles. The topological polar surface area (TPSA) is 29.5 Å². The average molecular weight is 295 g/mol. The van der Waals surface area contributed by atoms with Gasteiger partial charge in [-0.1, -0.05) is 31.2 Å². The molecule has 0 N–H and O–H groups in total. The van der Waals surface area contributed by atoms with Crippen molar-refractivity contribution in [2.75, 3.05) is 13.1 Å². The number of rotatable bonds is 3. The van der Waals surface area contributed by atoms with Crippen molar-refractivity contribution >= 4 is 5.91 Å². The van der Waals surface area contributed by atoms with Crippen molar-refractivity contribution in [1.29, 1.82) is 0 Å². The van der Waals surface area contributed by atoms with Crippen molar-refractivity contribution in [3.8, 4) is 11.5 Å². The van der Waals surface area contributed by atoms with Crippen LogP contribution in [-0.4, -0.2) is 23.9 Å². The monoisotopic (exact) mass is 295 g/mol. The summed E-state index contributed by atoms with van der Waals surface area (Å²) in [5, 5.41) is 0. The molecule has 1 aliphatic heterocycles. The lowest BCUT2D eigenvalue weighted by Gasteiger charge is -2.31. The lowest BCUT2D eigenvalue weighted by molar-refractivity contribution is 0.0682. The highest BCUT2D eigenvalue weighted by molar-refractivity contribution is 5.94. The number of para-hydroxylation sites is 1. The van der Waals surface area contributed by atoms with Crippen molar-refractivity contribution in [3.05, 3.63) is 60.2 Å². The molecule has 1 amide bonds. The summed E-state index contributed by atoms with van der Waals surface area (Å²) < 4.78 is 5.81. The third-order valence-electron chi connectivity index (χ3n) is 4.00. The molecule has 1 fully saturated rings. The highest BCUT2D eigenvalue weighted by atomic mass is 16.5. The standard InChI is InChI=1S/C19H21NO2/c1-15-7-6-12-20(14-15)19(21)16-8-5-11-18(13-16)22-17-9-3-2-4-10-17/h2-5,8-11,13,15H,6-7,12,14H2,1H3. The Morgan fingerprint density at radius 2 is 1.86 bits per heavy atom. The molecule has 0 saturated carbocycles. The molecular formula is C19H21NO2. The normalized spacial score (nSPS) is 18.0. The second-order valence-corrected chi connectivity index (χ2v) is 5.94. The Hall–Kier alpha value is -2.29. The molecule has 3 nitrogen and oxygen atoms in total. The third-order valence-corrected chi connectivity index (χ3v) is 4.00. The number of nitrogens with zero attached hydrogens (tertiary/aromatic N) is 1. The first-order valence-corrected chi connectivity index (χ1v) is 7.84. The molecule has 22 heavy (non-hydrogen) atoms. The van der Waals surface area contributed by atoms with Crippen LogP contribution in [0.1, 0.15) is 30.1 Å². The van der Waals surface area contributed by atoms with Crippen molar-refractivity contribution in [2.45, 2.75) is 19.8 Å². The van der Waals surface area contributed by atoms with Crippen molar-refractivity contribution < 1.29 is 9.53 Å². The van der Waals surface area contributed by atoms with Gasteiger partial charge in [0, 0.05) is 18.7 Å². The van der Waals surface area contributed by atoms with E-state index in [0.717, 1.165) is 25.3 Å². The minimum Gasteiger partial charge on any atom is -0.457 e. The van der Waals surface area contributed by atoms with Crippen molar-refractivity contribution in [3.63, 3.8) is 0 Å². The minimum atomic E-state index is 0.102. The van der Waals surface area contributed by atoms with E-state index in [1.54, 1.807) is 0 Å². The molecule has 1 saturated heterocycles. The molecule has 1 atom stereocenters. The first-order valence-electron chi connectivity index (χ1n) is 7.84. The van der Waals surface area contributed by atoms with Crippen molar-refractivity contribution in [2.24, 2.45) is 5.92 Å². The van der Waals surface area contributed by atoms with Crippen LogP contribution in [0.5, 0.6) is 11.5 Å². The zero-order chi connectivity index (χ0) is 15.4. The van der Waals surface area contributed by atoms with E-state index < -0.39 is 0 Å². The second-order valence-electron chi connectivity index (χ2n) is 5.94. The molecule has 114 valence electrons. The third kappa shape index (κ3) is 3.48. The summed E-state index contributed by atoms with van der Waals surface area (Å²) in [6.45, 7) is 3.91. The Bertz CT molecular complexity index is 639. The Balaban J connectivity index is 1.74. The van der Waals surface area contributed by atoms with E-state index >= 15 is 0 Å². The summed E-state index contributed by atoms with van der Waals surface area (Å²) in [6, 6.07) is 17.1. The van der Waals surface area contributed by atoms with Crippen LogP contribution >= 0.6 is 0 Å². The summed E-state index contributed by atoms with van der Waals surface area (Å²) in [5.74, 6) is 2.16. The predicted molar refractivity (Wildman–Crippen MR) is 87.3 cm³/mol. The van der Waals surface area contributed by atoms with Gasteiger partial charge in [-0.2, -0.15) is 0 Å². The lowest BCUT2D eigenvalue weighted by Crippen LogP contribution is -2.39. The van der Waals surface area contributed by atoms with E-state index in [2.05, 4.69) is 6.92 Å². The van der Waals surface area contributed by atoms with Gasteiger partial charge < -0.3 is 9.64 Å². The van der Waals surface area contributed by atoms with Gasteiger partial charge in [-0.25, -0.2) is 0 Å². The number of carbonyl (C=O) groups is 1. The Morgan fingerprint density at radius 1 is 1.09 bits per heavy atom. The fraction of sp³-hybridized carbons (Fsp3) is 0.316. The number of ether oxygens (including phenoxy) is 1. The maximum absolute atomic E-state index is 12.6. The quantitative estimate of drug-likeness (QED) is 0.842. The number of hydrogen-bond donors (Lipinski definition) is 0. The average Bonchev–Trinajstić information content (AvgIpc) is 2.55. The van der Waals surface area contributed by atoms with Crippen LogP contribution in [0.3, 0.4) is 0 Å². The predicted octanol–water partition coefficient (Wildman–Crippen LogP) is 4.35. The molecule has 2 aromatic carbocycles. The van der Waals surface area contributed by atoms with Gasteiger partial charge >= 0.3 is 0 Å². The SMILES string of the molecule is CC1CCCN(C(=O)c2cccc(Oc3ccccc3)c2)C1. The molecule has 1 aliphatic rings. The number of piperidine rings is 1. The summed E-state index contributed by atoms with van der Waals surface area (Å²) in [4.78, 5) is 14.6. The molecule has 0 radical (unpaired) electrons. The Morgan fingerprint density at radius 3 is 2.64 bits per heavy atom. The van der Waals surface area contributed by atoms with E-state index in [0.29, 0.717) is 17.2 Å². The largest absolute Gasteiger partial charge is 0.457 e. The zero-order valence-electron chi connectivity index (χ0n) is 12.9. The molecule has 1 unspecified atom stereocenters. The van der Waals surface area contributed by atoms with Gasteiger partial charge in [0.2, 0.25) is 0 Å². The zero-order valence-corrected chi connectivity index (χ0v) is 12.9. The van der Waals surface area contributed by atoms with Gasteiger partial charge in [0.1, 0.15) is 11.5 Å². The maximum Gasteiger partial charge on any atom is 0.253 e. The van der Waals surface area contributed by atoms with Crippen LogP contribution in [0.2, 0.25) is 0 Å². The van der Waals surface area contributed by atoms with Gasteiger partial charge in [0.05, 0.1) is 0 Å². The van der Waals surface area contributed by atoms with E-state index in [1.807, 2.05) is 59.5 Å². The van der Waals surface area contributed by atoms with E-state index in [-0.39, 0.29) is 5.91 Å². The van der Waals surface area contributed by atoms with Crippen LogP contribution in [0.15, 0.2) is 54.6 Å². The van der Waals surface area contributed by atoms with Crippen LogP contribution in [0.4, 0.5) is 0 Å². The summed E-state index contributed by atoms with van der Waals surface area (Å²) in [6.07, 6.45) is 2.30. The highest BCUT2D eigenvalue weighted by Crippen LogP contribution is 2.23. The van der Waals surface area contributed by atoms with Crippen LogP contribution < -0.4 is 4.74 Å². The van der Waals surface area contributed by atoms with Gasteiger partial charge in [0.15, 0.2) is 0 Å². The molecule has 0 spiro atoms. The molecule has 2 aromatic rings. The second kappa shape index (κ2) is 6.65. The number of amides is 1. The first-order chi connectivity index (χ1) is 10.7. The van der Waals surface area contributed by atoms with E-state index in [9.17, 15) is 4.79 Å². The molecule has 3 rings (SSSR count). The number of likely N-dealkylation sites (tertiary alicyclic amines) is 1. The summed E-state index contributed by atoms with van der Waals surface area (Å²) in [7, 11) is 0. The van der Waals surface area contributed by atoms with Gasteiger partial charge in [-0.05, 0) is 49.1 Å². The molecule has 3 heteroatoms. The van der Waals surface area contributed by atoms with Gasteiger partial charge in [-0.3, -0.25) is 4.79 Å². The lowest BCUT2D eigenvalue weighted by atomic mass is 9.99. The number of benzene rings is 2. The first kappa shape index (κ1) is 14.6. The smallest absolute Gasteiger partial charge is 0.253 e. The van der Waals surface area contributed by atoms with Gasteiger partial charge in [-0.15, -0.1) is 0 Å². The van der Waals surface area contributed by atoms with E-state index in [4.69, 9.17) is 4.74 Å². The Labute approximate surface area is 131 Å². The Kier molecular flexibility index (Phi) is 4.42. The van der Waals surface area contributed by atoms with Crippen LogP contribution in [0, 0.1) is 5.92 Å². The fourth-order valence-corrected chi connectivity index (χ4v) is 2.87. The molecular weight excluding hydrogens is 274 g/mol.